The topological polar surface area (TPSA) is 0 Å². The minimum absolute atomic E-state index is 0. The summed E-state index contributed by atoms with van der Waals surface area (Å²) in [7, 11) is 0. The fourth-order valence-electron chi connectivity index (χ4n) is 0. The normalized spacial score (nSPS) is 2.00. The zero-order chi connectivity index (χ0) is 2.71. The molecule has 0 aromatic rings. The van der Waals surface area contributed by atoms with Crippen molar-refractivity contribution in [3.63, 3.8) is 0 Å². The van der Waals surface area contributed by atoms with E-state index < -0.39 is 0 Å². The molecular weight excluding hydrogens is 172 g/mol. The molecule has 0 N–H and O–H groups in total. The average Bonchev–Trinajstić information content (AvgIpc) is 0.918. The summed E-state index contributed by atoms with van der Waals surface area (Å²) in [6.07, 6.45) is 0. The Labute approximate surface area is 49.8 Å². The summed E-state index contributed by atoms with van der Waals surface area (Å²) in [6, 6.07) is 0. The van der Waals surface area contributed by atoms with Crippen molar-refractivity contribution in [1.82, 2.24) is 0 Å². The zero-order valence-electron chi connectivity index (χ0n) is 1.72. The smallest absolute Gasteiger partial charge is 0.0148 e. The first-order valence-corrected chi connectivity index (χ1v) is 1.22. The first-order chi connectivity index (χ1) is 1.41. The van der Waals surface area contributed by atoms with Gasteiger partial charge >= 0.3 is 0 Å². The molecule has 0 unspecified atom stereocenters. The van der Waals surface area contributed by atoms with Gasteiger partial charge in [-0.05, 0) is 24.4 Å². The summed E-state index contributed by atoms with van der Waals surface area (Å²) in [4.78, 5) is 0. The molecule has 0 aliphatic carbocycles. The molecule has 0 saturated carbocycles. The van der Waals surface area contributed by atoms with Crippen LogP contribution < -0.4 is 0 Å². The summed E-state index contributed by atoms with van der Waals surface area (Å²) in [5.41, 5.74) is 0. The third kappa shape index (κ3) is 12.8. The maximum Gasteiger partial charge on any atom is 0.0297 e. The molecule has 4 heavy (non-hydrogen) atoms. The fraction of sp³-hybridized carbons (Fsp3) is 0. The molecule has 0 radical (unpaired) electrons. The molecule has 22 valence electrons. The third-order valence-electron chi connectivity index (χ3n) is 0. The molecule has 0 nitrogen and oxygen atoms in total. The van der Waals surface area contributed by atoms with Gasteiger partial charge in [-0.2, -0.15) is 0 Å². The second-order valence-corrected chi connectivity index (χ2v) is 0.750. The van der Waals surface area contributed by atoms with Gasteiger partial charge in [0.05, 0.1) is 0 Å². The average molecular weight is 172 g/mol. The number of hydrogen-bond acceptors (Lipinski definition) is 2. The number of thiocarbonyl (C=S) groups is 2. The van der Waals surface area contributed by atoms with Gasteiger partial charge in [0, 0.05) is 25.4 Å². The van der Waals surface area contributed by atoms with E-state index in [-0.39, 0.29) is 21.1 Å². The van der Waals surface area contributed by atoms with Gasteiger partial charge in [0.1, 0.15) is 0 Å². The van der Waals surface area contributed by atoms with Crippen LogP contribution in [0.3, 0.4) is 0 Å². The summed E-state index contributed by atoms with van der Waals surface area (Å²) in [5, 5.41) is 0. The first-order valence-electron chi connectivity index (χ1n) is 0.408. The Morgan fingerprint density at radius 3 is 1.25 bits per heavy atom. The Kier molecular flexibility index (Phi) is 20.1. The van der Waals surface area contributed by atoms with Crippen LogP contribution in [0.4, 0.5) is 0 Å². The van der Waals surface area contributed by atoms with Crippen molar-refractivity contribution in [2.24, 2.45) is 0 Å². The molecule has 3 heteroatoms. The molecule has 0 spiro atoms. The maximum absolute atomic E-state index is 3.96. The van der Waals surface area contributed by atoms with Crippen LogP contribution >= 0.6 is 24.4 Å². The van der Waals surface area contributed by atoms with E-state index in [9.17, 15) is 0 Å². The van der Waals surface area contributed by atoms with Gasteiger partial charge in [-0.3, -0.25) is 0 Å². The van der Waals surface area contributed by atoms with Crippen molar-refractivity contribution in [3.05, 3.63) is 0 Å². The molecule has 0 saturated heterocycles. The number of hydrogen-bond donors (Lipinski definition) is 0. The van der Waals surface area contributed by atoms with Gasteiger partial charge < -0.3 is 0 Å². The van der Waals surface area contributed by atoms with Crippen molar-refractivity contribution in [2.45, 2.75) is 0 Å². The molecule has 0 amide bonds. The Morgan fingerprint density at radius 2 is 1.25 bits per heavy atom. The van der Waals surface area contributed by atoms with Gasteiger partial charge in [-0.15, -0.1) is 0 Å². The molecule has 0 fully saturated rings. The molecule has 0 bridgehead atoms. The van der Waals surface area contributed by atoms with E-state index in [1.165, 1.54) is 0 Å². The van der Waals surface area contributed by atoms with Crippen molar-refractivity contribution in [1.29, 1.82) is 0 Å². The minimum Gasteiger partial charge on any atom is -0.0148 e. The van der Waals surface area contributed by atoms with Crippen molar-refractivity contribution in [2.75, 3.05) is 0 Å². The van der Waals surface area contributed by atoms with Crippen LogP contribution in [0.1, 0.15) is 0 Å². The van der Waals surface area contributed by atoms with Crippen LogP contribution in [0.2, 0.25) is 0 Å². The zero-order valence-corrected chi connectivity index (χ0v) is 5.36. The molecule has 0 heterocycles. The Bertz CT molecular complexity index is 27.0. The van der Waals surface area contributed by atoms with Gasteiger partial charge in [-0.25, -0.2) is 0 Å². The molecular formula is CMoS2. The summed E-state index contributed by atoms with van der Waals surface area (Å²) in [5.74, 6) is 0. The molecule has 0 aromatic carbocycles. The summed E-state index contributed by atoms with van der Waals surface area (Å²) >= 11 is 7.92. The minimum atomic E-state index is 0. The standard InChI is InChI=1S/CS2.Mo/c2-1-3;. The van der Waals surface area contributed by atoms with Gasteiger partial charge in [0.15, 0.2) is 0 Å². The molecule has 0 aromatic heterocycles. The monoisotopic (exact) mass is 174 g/mol. The predicted octanol–water partition coefficient (Wildman–Crippen LogP) is 1.02. The Hall–Kier alpha value is 0.908. The van der Waals surface area contributed by atoms with Crippen molar-refractivity contribution in [3.8, 4) is 0 Å². The quantitative estimate of drug-likeness (QED) is 0.395. The largest absolute Gasteiger partial charge is 0.0297 e. The van der Waals surface area contributed by atoms with E-state index >= 15 is 0 Å². The van der Waals surface area contributed by atoms with E-state index in [1.54, 1.807) is 0 Å². The maximum atomic E-state index is 3.96. The van der Waals surface area contributed by atoms with Crippen LogP contribution in [0.15, 0.2) is 0 Å². The van der Waals surface area contributed by atoms with E-state index in [0.717, 1.165) is 0 Å². The predicted molar refractivity (Wildman–Crippen MR) is 20.2 cm³/mol. The molecule has 0 aliphatic rings. The van der Waals surface area contributed by atoms with Crippen LogP contribution in [-0.2, 0) is 21.1 Å². The Balaban J connectivity index is 0. The van der Waals surface area contributed by atoms with E-state index in [4.69, 9.17) is 0 Å². The molecule has 0 aliphatic heterocycles. The van der Waals surface area contributed by atoms with Gasteiger partial charge in [0.2, 0.25) is 0 Å². The number of rotatable bonds is 0. The third-order valence-corrected chi connectivity index (χ3v) is 0. The first kappa shape index (κ1) is 8.86. The fourth-order valence-corrected chi connectivity index (χ4v) is 0. The van der Waals surface area contributed by atoms with Crippen LogP contribution in [0, 0.1) is 0 Å². The summed E-state index contributed by atoms with van der Waals surface area (Å²) < 4.78 is 1.92. The second-order valence-electron chi connectivity index (χ2n) is 0.0833. The van der Waals surface area contributed by atoms with Crippen molar-refractivity contribution < 1.29 is 21.1 Å². The molecule has 0 rings (SSSR count). The molecule has 0 atom stereocenters. The Morgan fingerprint density at radius 1 is 1.25 bits per heavy atom. The van der Waals surface area contributed by atoms with Crippen LogP contribution in [0.25, 0.3) is 0 Å². The van der Waals surface area contributed by atoms with E-state index in [0.29, 0.717) is 0 Å². The van der Waals surface area contributed by atoms with E-state index in [2.05, 4.69) is 24.4 Å². The van der Waals surface area contributed by atoms with Crippen LogP contribution in [0.5, 0.6) is 0 Å². The van der Waals surface area contributed by atoms with Gasteiger partial charge in [0.25, 0.3) is 0 Å². The van der Waals surface area contributed by atoms with E-state index in [1.807, 2.05) is 4.31 Å². The van der Waals surface area contributed by atoms with Crippen LogP contribution in [-0.4, -0.2) is 4.31 Å². The summed E-state index contributed by atoms with van der Waals surface area (Å²) in [6.45, 7) is 0. The van der Waals surface area contributed by atoms with Gasteiger partial charge in [-0.1, -0.05) is 0 Å². The van der Waals surface area contributed by atoms with Crippen molar-refractivity contribution >= 4 is 28.7 Å². The second kappa shape index (κ2) is 9.08. The SMILES string of the molecule is S=C=S.[Mo].